The van der Waals surface area contributed by atoms with E-state index in [2.05, 4.69) is 5.32 Å². The smallest absolute Gasteiger partial charge is 0.255 e. The molecule has 0 aliphatic carbocycles. The number of carbonyl (C=O) groups is 1. The summed E-state index contributed by atoms with van der Waals surface area (Å²) in [5.74, 6) is -0.155. The zero-order valence-corrected chi connectivity index (χ0v) is 12.0. The molecule has 1 amide bonds. The number of hydrogen-bond donors (Lipinski definition) is 2. The zero-order valence-electron chi connectivity index (χ0n) is 12.0. The van der Waals surface area contributed by atoms with Crippen molar-refractivity contribution in [2.75, 3.05) is 18.5 Å². The van der Waals surface area contributed by atoms with E-state index >= 15 is 0 Å². The molecule has 0 saturated carbocycles. The van der Waals surface area contributed by atoms with E-state index in [1.165, 1.54) is 6.08 Å². The van der Waals surface area contributed by atoms with Crippen LogP contribution in [0.3, 0.4) is 0 Å². The largest absolute Gasteiger partial charge is 0.487 e. The van der Waals surface area contributed by atoms with Gasteiger partial charge in [0.15, 0.2) is 0 Å². The maximum Gasteiger partial charge on any atom is 0.255 e. The van der Waals surface area contributed by atoms with E-state index in [1.54, 1.807) is 24.3 Å². The first kappa shape index (κ1) is 15.7. The molecular weight excluding hydrogens is 283 g/mol. The van der Waals surface area contributed by atoms with Crippen molar-refractivity contribution >= 4 is 11.6 Å². The minimum absolute atomic E-state index is 0.133. The van der Waals surface area contributed by atoms with Crippen molar-refractivity contribution in [1.29, 1.82) is 0 Å². The fraction of sp³-hybridized carbons (Fsp3) is 0.118. The van der Waals surface area contributed by atoms with Gasteiger partial charge in [-0.3, -0.25) is 4.79 Å². The van der Waals surface area contributed by atoms with Gasteiger partial charge in [-0.25, -0.2) is 4.39 Å². The Hall–Kier alpha value is -2.66. The van der Waals surface area contributed by atoms with Crippen LogP contribution < -0.4 is 15.8 Å². The summed E-state index contributed by atoms with van der Waals surface area (Å²) in [4.78, 5) is 12.0. The van der Waals surface area contributed by atoms with E-state index in [9.17, 15) is 9.18 Å². The van der Waals surface area contributed by atoms with Gasteiger partial charge in [-0.05, 0) is 42.5 Å². The lowest BCUT2D eigenvalue weighted by Gasteiger charge is -2.07. The summed E-state index contributed by atoms with van der Waals surface area (Å²) in [5, 5.41) is 2.78. The van der Waals surface area contributed by atoms with E-state index in [-0.39, 0.29) is 19.1 Å². The lowest BCUT2D eigenvalue weighted by Crippen LogP contribution is -2.11. The summed E-state index contributed by atoms with van der Waals surface area (Å²) >= 11 is 0. The first-order chi connectivity index (χ1) is 10.7. The molecule has 0 bridgehead atoms. The molecule has 5 heteroatoms. The molecule has 0 aliphatic rings. The van der Waals surface area contributed by atoms with Gasteiger partial charge < -0.3 is 15.8 Å². The molecule has 0 heterocycles. The number of halogens is 1. The zero-order chi connectivity index (χ0) is 15.8. The van der Waals surface area contributed by atoms with Gasteiger partial charge in [0.25, 0.3) is 5.91 Å². The quantitative estimate of drug-likeness (QED) is 0.861. The van der Waals surface area contributed by atoms with Crippen LogP contribution >= 0.6 is 0 Å². The van der Waals surface area contributed by atoms with Gasteiger partial charge in [-0.2, -0.15) is 0 Å². The highest BCUT2D eigenvalue weighted by Crippen LogP contribution is 2.15. The van der Waals surface area contributed by atoms with Crippen molar-refractivity contribution < 1.29 is 13.9 Å². The van der Waals surface area contributed by atoms with Crippen LogP contribution in [0.2, 0.25) is 0 Å². The third kappa shape index (κ3) is 4.71. The summed E-state index contributed by atoms with van der Waals surface area (Å²) < 4.78 is 18.4. The van der Waals surface area contributed by atoms with Gasteiger partial charge in [0.1, 0.15) is 18.2 Å². The van der Waals surface area contributed by atoms with Crippen molar-refractivity contribution in [3.63, 3.8) is 0 Å². The predicted molar refractivity (Wildman–Crippen MR) is 84.6 cm³/mol. The number of nitrogens with two attached hydrogens (primary N) is 1. The number of ether oxygens (including phenoxy) is 1. The Morgan fingerprint density at radius 1 is 1.14 bits per heavy atom. The fourth-order valence-electron chi connectivity index (χ4n) is 1.77. The fourth-order valence-corrected chi connectivity index (χ4v) is 1.77. The molecule has 0 radical (unpaired) electrons. The van der Waals surface area contributed by atoms with Crippen LogP contribution in [-0.4, -0.2) is 19.1 Å². The maximum atomic E-state index is 13.1. The minimum atomic E-state index is -0.423. The van der Waals surface area contributed by atoms with E-state index < -0.39 is 5.83 Å². The summed E-state index contributed by atoms with van der Waals surface area (Å²) in [7, 11) is 0. The molecule has 114 valence electrons. The lowest BCUT2D eigenvalue weighted by molar-refractivity contribution is 0.102. The van der Waals surface area contributed by atoms with Crippen molar-refractivity contribution in [3.8, 4) is 5.75 Å². The monoisotopic (exact) mass is 300 g/mol. The molecule has 0 spiro atoms. The van der Waals surface area contributed by atoms with Crippen LogP contribution in [0.4, 0.5) is 10.1 Å². The number of rotatable bonds is 6. The highest BCUT2D eigenvalue weighted by Gasteiger charge is 2.06. The first-order valence-electron chi connectivity index (χ1n) is 6.83. The highest BCUT2D eigenvalue weighted by atomic mass is 19.1. The van der Waals surface area contributed by atoms with Gasteiger partial charge in [0.05, 0.1) is 0 Å². The number of hydrogen-bond acceptors (Lipinski definition) is 3. The summed E-state index contributed by atoms with van der Waals surface area (Å²) in [6.45, 7) is -0.0411. The Bertz CT molecular complexity index is 639. The summed E-state index contributed by atoms with van der Waals surface area (Å²) in [6.07, 6.45) is 1.25. The van der Waals surface area contributed by atoms with Crippen LogP contribution in [0.5, 0.6) is 5.75 Å². The van der Waals surface area contributed by atoms with Crippen LogP contribution in [0, 0.1) is 0 Å². The second-order valence-corrected chi connectivity index (χ2v) is 4.52. The van der Waals surface area contributed by atoms with Crippen molar-refractivity contribution in [3.05, 3.63) is 72.1 Å². The van der Waals surface area contributed by atoms with Gasteiger partial charge in [-0.1, -0.05) is 18.2 Å². The summed E-state index contributed by atoms with van der Waals surface area (Å²) in [5.41, 5.74) is 6.42. The number of anilines is 1. The Balaban J connectivity index is 1.94. The topological polar surface area (TPSA) is 64.3 Å². The van der Waals surface area contributed by atoms with Crippen molar-refractivity contribution in [2.24, 2.45) is 5.73 Å². The summed E-state index contributed by atoms with van der Waals surface area (Å²) in [6, 6.07) is 15.7. The van der Waals surface area contributed by atoms with Gasteiger partial charge in [0, 0.05) is 17.8 Å². The average Bonchev–Trinajstić information content (AvgIpc) is 2.54. The molecular formula is C17H17FN2O2. The molecule has 22 heavy (non-hydrogen) atoms. The van der Waals surface area contributed by atoms with E-state index in [0.29, 0.717) is 11.3 Å². The molecule has 3 N–H and O–H groups in total. The molecule has 0 aliphatic heterocycles. The number of para-hydroxylation sites is 1. The second kappa shape index (κ2) is 7.95. The van der Waals surface area contributed by atoms with Gasteiger partial charge >= 0.3 is 0 Å². The molecule has 0 unspecified atom stereocenters. The molecule has 2 aromatic rings. The minimum Gasteiger partial charge on any atom is -0.487 e. The van der Waals surface area contributed by atoms with Crippen LogP contribution in [0.1, 0.15) is 10.4 Å². The Kier molecular flexibility index (Phi) is 5.68. The van der Waals surface area contributed by atoms with Gasteiger partial charge in [0.2, 0.25) is 0 Å². The molecule has 2 aromatic carbocycles. The first-order valence-corrected chi connectivity index (χ1v) is 6.83. The third-order valence-corrected chi connectivity index (χ3v) is 2.86. The second-order valence-electron chi connectivity index (χ2n) is 4.52. The number of carbonyl (C=O) groups excluding carboxylic acids is 1. The lowest BCUT2D eigenvalue weighted by atomic mass is 10.2. The van der Waals surface area contributed by atoms with E-state index in [0.717, 1.165) is 5.69 Å². The average molecular weight is 300 g/mol. The predicted octanol–water partition coefficient (Wildman–Crippen LogP) is 3.13. The third-order valence-electron chi connectivity index (χ3n) is 2.86. The number of benzene rings is 2. The standard InChI is InChI=1S/C17H17FN2O2/c18-14(10-11-19)12-22-16-8-6-13(7-9-16)17(21)20-15-4-2-1-3-5-15/h1-10H,11-12,19H2,(H,20,21)/b14-10-. The van der Waals surface area contributed by atoms with E-state index in [1.807, 2.05) is 30.3 Å². The number of nitrogens with one attached hydrogen (secondary N) is 1. The van der Waals surface area contributed by atoms with Crippen molar-refractivity contribution in [1.82, 2.24) is 0 Å². The van der Waals surface area contributed by atoms with Crippen molar-refractivity contribution in [2.45, 2.75) is 0 Å². The molecule has 0 fully saturated rings. The Morgan fingerprint density at radius 2 is 1.82 bits per heavy atom. The molecule has 0 aromatic heterocycles. The number of amides is 1. The molecule has 0 saturated heterocycles. The maximum absolute atomic E-state index is 13.1. The molecule has 2 rings (SSSR count). The van der Waals surface area contributed by atoms with Crippen LogP contribution in [0.15, 0.2) is 66.5 Å². The molecule has 4 nitrogen and oxygen atoms in total. The van der Waals surface area contributed by atoms with Crippen LogP contribution in [0.25, 0.3) is 0 Å². The van der Waals surface area contributed by atoms with Crippen LogP contribution in [-0.2, 0) is 0 Å². The normalized spacial score (nSPS) is 11.1. The Labute approximate surface area is 128 Å². The Morgan fingerprint density at radius 3 is 2.45 bits per heavy atom. The van der Waals surface area contributed by atoms with Gasteiger partial charge in [-0.15, -0.1) is 0 Å². The SMILES string of the molecule is NC/C=C(\F)COc1ccc(C(=O)Nc2ccccc2)cc1. The van der Waals surface area contributed by atoms with E-state index in [4.69, 9.17) is 10.5 Å². The highest BCUT2D eigenvalue weighted by molar-refractivity contribution is 6.04. The molecule has 0 atom stereocenters.